The van der Waals surface area contributed by atoms with Gasteiger partial charge in [-0.3, -0.25) is 10.2 Å². The molecule has 0 aromatic heterocycles. The molecule has 1 fully saturated rings. The summed E-state index contributed by atoms with van der Waals surface area (Å²) in [6.07, 6.45) is 3.74. The topological polar surface area (TPSA) is 63.2 Å². The van der Waals surface area contributed by atoms with Crippen molar-refractivity contribution in [3.63, 3.8) is 0 Å². The Hall–Kier alpha value is -3.02. The molecule has 0 unspecified atom stereocenters. The Labute approximate surface area is 152 Å². The number of nitrogens with zero attached hydrogens (tertiary/aromatic N) is 2. The Bertz CT molecular complexity index is 786. The fourth-order valence-electron chi connectivity index (χ4n) is 3.39. The first-order valence-electron chi connectivity index (χ1n) is 8.86. The maximum Gasteiger partial charge on any atom is 0.276 e. The lowest BCUT2D eigenvalue weighted by atomic mass is 10.1. The van der Waals surface area contributed by atoms with Gasteiger partial charge in [-0.05, 0) is 25.0 Å². The molecule has 6 heteroatoms. The molecule has 134 valence electrons. The maximum absolute atomic E-state index is 12.5. The molecule has 2 aliphatic rings. The van der Waals surface area contributed by atoms with Gasteiger partial charge < -0.3 is 9.57 Å². The maximum atomic E-state index is 12.5. The van der Waals surface area contributed by atoms with Crippen molar-refractivity contribution >= 4 is 11.7 Å². The zero-order valence-electron chi connectivity index (χ0n) is 14.4. The highest BCUT2D eigenvalue weighted by atomic mass is 16.7. The number of hydrogen-bond acceptors (Lipinski definition) is 5. The lowest BCUT2D eigenvalue weighted by molar-refractivity contribution is -0.142. The van der Waals surface area contributed by atoms with E-state index in [1.807, 2.05) is 60.7 Å². The number of oxime groups is 1. The molecule has 1 N–H and O–H groups in total. The number of benzene rings is 2. The summed E-state index contributed by atoms with van der Waals surface area (Å²) in [7, 11) is 0. The van der Waals surface area contributed by atoms with Gasteiger partial charge in [0.1, 0.15) is 5.75 Å². The largest absolute Gasteiger partial charge is 0.484 e. The molecule has 1 amide bonds. The van der Waals surface area contributed by atoms with Crippen LogP contribution in [0.1, 0.15) is 31.2 Å². The number of amidine groups is 1. The van der Waals surface area contributed by atoms with Crippen LogP contribution in [0.2, 0.25) is 0 Å². The number of ether oxygens (including phenoxy) is 1. The second-order valence-electron chi connectivity index (χ2n) is 6.50. The number of nitrogens with one attached hydrogen (secondary N) is 1. The van der Waals surface area contributed by atoms with Gasteiger partial charge in [0, 0.05) is 18.4 Å². The number of hydrogen-bond donors (Lipinski definition) is 1. The minimum absolute atomic E-state index is 0.0708. The minimum atomic E-state index is -0.590. The van der Waals surface area contributed by atoms with E-state index in [0.29, 0.717) is 11.6 Å². The monoisotopic (exact) mass is 351 g/mol. The molecule has 6 nitrogen and oxygen atoms in total. The molecule has 1 aliphatic heterocycles. The van der Waals surface area contributed by atoms with Crippen LogP contribution in [0.25, 0.3) is 0 Å². The molecule has 26 heavy (non-hydrogen) atoms. The van der Waals surface area contributed by atoms with Crippen molar-refractivity contribution in [1.29, 1.82) is 0 Å². The Balaban J connectivity index is 1.49. The van der Waals surface area contributed by atoms with Crippen molar-refractivity contribution < 1.29 is 14.4 Å². The van der Waals surface area contributed by atoms with Gasteiger partial charge in [-0.2, -0.15) is 0 Å². The Morgan fingerprint density at radius 1 is 1.08 bits per heavy atom. The van der Waals surface area contributed by atoms with E-state index < -0.39 is 5.72 Å². The number of carbonyl (C=O) groups excluding carboxylic acids is 1. The second kappa shape index (κ2) is 7.07. The van der Waals surface area contributed by atoms with Crippen LogP contribution in [0, 0.1) is 0 Å². The average molecular weight is 351 g/mol. The van der Waals surface area contributed by atoms with Gasteiger partial charge in [-0.1, -0.05) is 53.7 Å². The zero-order chi connectivity index (χ0) is 17.8. The van der Waals surface area contributed by atoms with Crippen LogP contribution in [0.3, 0.4) is 0 Å². The van der Waals surface area contributed by atoms with E-state index in [0.717, 1.165) is 31.2 Å². The number of carbonyl (C=O) groups is 1. The smallest absolute Gasteiger partial charge is 0.276 e. The first-order valence-corrected chi connectivity index (χ1v) is 8.86. The fourth-order valence-corrected chi connectivity index (χ4v) is 3.39. The third-order valence-electron chi connectivity index (χ3n) is 4.69. The van der Waals surface area contributed by atoms with Crippen LogP contribution in [-0.2, 0) is 9.63 Å². The molecule has 0 radical (unpaired) electrons. The van der Waals surface area contributed by atoms with Gasteiger partial charge in [-0.25, -0.2) is 5.01 Å². The van der Waals surface area contributed by atoms with Gasteiger partial charge >= 0.3 is 0 Å². The highest BCUT2D eigenvalue weighted by Gasteiger charge is 2.49. The standard InChI is InChI=1S/C20H21N3O3/c24-18(15-25-17-11-5-2-6-12-17)21-23-19(16-9-3-1-4-10-16)22-26-20(23)13-7-8-14-20/h1-6,9-12H,7-8,13-15H2,(H,21,24). The van der Waals surface area contributed by atoms with Crippen molar-refractivity contribution in [1.82, 2.24) is 10.4 Å². The molecule has 1 aliphatic carbocycles. The second-order valence-corrected chi connectivity index (χ2v) is 6.50. The number of hydrazine groups is 1. The van der Waals surface area contributed by atoms with Crippen LogP contribution in [0.15, 0.2) is 65.8 Å². The Morgan fingerprint density at radius 3 is 2.42 bits per heavy atom. The van der Waals surface area contributed by atoms with Crippen molar-refractivity contribution in [2.45, 2.75) is 31.4 Å². The first-order chi connectivity index (χ1) is 12.8. The van der Waals surface area contributed by atoms with Gasteiger partial charge in [0.2, 0.25) is 5.72 Å². The summed E-state index contributed by atoms with van der Waals surface area (Å²) in [5, 5.41) is 6.06. The average Bonchev–Trinajstić information content (AvgIpc) is 3.30. The molecule has 0 saturated heterocycles. The highest BCUT2D eigenvalue weighted by molar-refractivity contribution is 6.00. The third-order valence-corrected chi connectivity index (χ3v) is 4.69. The van der Waals surface area contributed by atoms with E-state index in [2.05, 4.69) is 10.6 Å². The molecule has 1 heterocycles. The summed E-state index contributed by atoms with van der Waals surface area (Å²) in [6.45, 7) is -0.0708. The molecule has 2 aromatic rings. The van der Waals surface area contributed by atoms with E-state index in [9.17, 15) is 4.79 Å². The predicted molar refractivity (Wildman–Crippen MR) is 97.2 cm³/mol. The molecule has 0 bridgehead atoms. The molecule has 4 rings (SSSR count). The summed E-state index contributed by atoms with van der Waals surface area (Å²) in [5.41, 5.74) is 3.26. The van der Waals surface area contributed by atoms with Crippen LogP contribution >= 0.6 is 0 Å². The fraction of sp³-hybridized carbons (Fsp3) is 0.300. The molecule has 1 spiro atoms. The number of para-hydroxylation sites is 1. The number of amides is 1. The van der Waals surface area contributed by atoms with E-state index in [4.69, 9.17) is 9.57 Å². The van der Waals surface area contributed by atoms with Crippen molar-refractivity contribution in [2.24, 2.45) is 5.16 Å². The van der Waals surface area contributed by atoms with Gasteiger partial charge in [-0.15, -0.1) is 0 Å². The molecule has 0 atom stereocenters. The third kappa shape index (κ3) is 3.22. The van der Waals surface area contributed by atoms with E-state index in [1.54, 1.807) is 5.01 Å². The van der Waals surface area contributed by atoms with Crippen LogP contribution in [0.4, 0.5) is 0 Å². The Morgan fingerprint density at radius 2 is 1.73 bits per heavy atom. The van der Waals surface area contributed by atoms with Gasteiger partial charge in [0.25, 0.3) is 5.91 Å². The normalized spacial score (nSPS) is 17.7. The van der Waals surface area contributed by atoms with Crippen molar-refractivity contribution in [3.05, 3.63) is 66.2 Å². The lowest BCUT2D eigenvalue weighted by Crippen LogP contribution is -2.57. The van der Waals surface area contributed by atoms with E-state index >= 15 is 0 Å². The van der Waals surface area contributed by atoms with Crippen molar-refractivity contribution in [2.75, 3.05) is 6.61 Å². The minimum Gasteiger partial charge on any atom is -0.484 e. The summed E-state index contributed by atoms with van der Waals surface area (Å²) in [4.78, 5) is 18.3. The molecule has 2 aromatic carbocycles. The molecular weight excluding hydrogens is 330 g/mol. The van der Waals surface area contributed by atoms with E-state index in [1.165, 1.54) is 0 Å². The van der Waals surface area contributed by atoms with E-state index in [-0.39, 0.29) is 12.5 Å². The summed E-state index contributed by atoms with van der Waals surface area (Å²) in [5.74, 6) is 1.04. The Kier molecular flexibility index (Phi) is 4.48. The molecule has 1 saturated carbocycles. The van der Waals surface area contributed by atoms with Crippen LogP contribution in [-0.4, -0.2) is 29.1 Å². The summed E-state index contributed by atoms with van der Waals surface area (Å²) >= 11 is 0. The van der Waals surface area contributed by atoms with Gasteiger partial charge in [0.05, 0.1) is 0 Å². The first kappa shape index (κ1) is 16.4. The van der Waals surface area contributed by atoms with Crippen molar-refractivity contribution in [3.8, 4) is 5.75 Å². The molecular formula is C20H21N3O3. The predicted octanol–water partition coefficient (Wildman–Crippen LogP) is 3.06. The SMILES string of the molecule is O=C(COc1ccccc1)NN1C(c2ccccc2)=NOC12CCCC2. The lowest BCUT2D eigenvalue weighted by Gasteiger charge is -2.33. The summed E-state index contributed by atoms with van der Waals surface area (Å²) in [6, 6.07) is 19.0. The van der Waals surface area contributed by atoms with Gasteiger partial charge in [0.15, 0.2) is 12.4 Å². The zero-order valence-corrected chi connectivity index (χ0v) is 14.4. The van der Waals surface area contributed by atoms with Crippen LogP contribution < -0.4 is 10.2 Å². The highest BCUT2D eigenvalue weighted by Crippen LogP contribution is 2.40. The quantitative estimate of drug-likeness (QED) is 0.899. The summed E-state index contributed by atoms with van der Waals surface area (Å²) < 4.78 is 5.55. The van der Waals surface area contributed by atoms with Crippen LogP contribution in [0.5, 0.6) is 5.75 Å². The number of rotatable bonds is 5.